The summed E-state index contributed by atoms with van der Waals surface area (Å²) in [7, 11) is 0. The van der Waals surface area contributed by atoms with Crippen molar-refractivity contribution in [1.82, 2.24) is 0 Å². The number of benzene rings is 2. The van der Waals surface area contributed by atoms with Gasteiger partial charge in [-0.2, -0.15) is 5.26 Å². The zero-order chi connectivity index (χ0) is 14.7. The van der Waals surface area contributed by atoms with Gasteiger partial charge in [-0.3, -0.25) is 4.79 Å². The van der Waals surface area contributed by atoms with Gasteiger partial charge in [0.1, 0.15) is 11.7 Å². The third-order valence-corrected chi connectivity index (χ3v) is 3.99. The van der Waals surface area contributed by atoms with Crippen LogP contribution < -0.4 is 0 Å². The SMILES string of the molecule is N#CC(C(=O)c1ccc(Cl)c(Br)c1)c1cccc(F)c1. The predicted molar refractivity (Wildman–Crippen MR) is 78.2 cm³/mol. The first kappa shape index (κ1) is 14.7. The normalized spacial score (nSPS) is 11.7. The Kier molecular flexibility index (Phi) is 4.53. The third-order valence-electron chi connectivity index (χ3n) is 2.78. The van der Waals surface area contributed by atoms with E-state index < -0.39 is 17.5 Å². The minimum atomic E-state index is -1.04. The van der Waals surface area contributed by atoms with E-state index in [1.807, 2.05) is 6.07 Å². The van der Waals surface area contributed by atoms with Crippen LogP contribution in [0.5, 0.6) is 0 Å². The Hall–Kier alpha value is -1.70. The molecule has 2 rings (SSSR count). The standard InChI is InChI=1S/C15H8BrClFNO/c16-13-7-10(4-5-14(13)17)15(20)12(8-19)9-2-1-3-11(18)6-9/h1-7,12H. The van der Waals surface area contributed by atoms with Gasteiger partial charge in [0.05, 0.1) is 11.1 Å². The summed E-state index contributed by atoms with van der Waals surface area (Å²) in [5.74, 6) is -1.91. The van der Waals surface area contributed by atoms with Crippen molar-refractivity contribution >= 4 is 33.3 Å². The second kappa shape index (κ2) is 6.17. The van der Waals surface area contributed by atoms with Gasteiger partial charge < -0.3 is 0 Å². The number of Topliss-reactive ketones (excluding diaryl/α,β-unsaturated/α-hetero) is 1. The lowest BCUT2D eigenvalue weighted by Crippen LogP contribution is -2.11. The Labute approximate surface area is 128 Å². The lowest BCUT2D eigenvalue weighted by atomic mass is 9.92. The quantitative estimate of drug-likeness (QED) is 0.749. The fourth-order valence-corrected chi connectivity index (χ4v) is 2.28. The number of carbonyl (C=O) groups excluding carboxylic acids is 1. The van der Waals surface area contributed by atoms with Gasteiger partial charge in [-0.1, -0.05) is 23.7 Å². The van der Waals surface area contributed by atoms with Crippen molar-refractivity contribution in [3.8, 4) is 6.07 Å². The lowest BCUT2D eigenvalue weighted by Gasteiger charge is -2.09. The zero-order valence-electron chi connectivity index (χ0n) is 10.1. The van der Waals surface area contributed by atoms with Crippen LogP contribution in [0.1, 0.15) is 21.8 Å². The minimum absolute atomic E-state index is 0.337. The molecule has 0 aliphatic carbocycles. The highest BCUT2D eigenvalue weighted by Crippen LogP contribution is 2.27. The van der Waals surface area contributed by atoms with Crippen LogP contribution in [0.2, 0.25) is 5.02 Å². The highest BCUT2D eigenvalue weighted by atomic mass is 79.9. The van der Waals surface area contributed by atoms with Gasteiger partial charge in [0.15, 0.2) is 5.78 Å². The molecule has 0 N–H and O–H groups in total. The van der Waals surface area contributed by atoms with Crippen LogP contribution in [0.25, 0.3) is 0 Å². The molecular formula is C15H8BrClFNO. The van der Waals surface area contributed by atoms with Crippen LogP contribution in [-0.2, 0) is 0 Å². The average Bonchev–Trinajstić information content (AvgIpc) is 2.42. The summed E-state index contributed by atoms with van der Waals surface area (Å²) in [5.41, 5.74) is 0.681. The van der Waals surface area contributed by atoms with Gasteiger partial charge in [0.2, 0.25) is 0 Å². The number of nitrogens with zero attached hydrogens (tertiary/aromatic N) is 1. The molecule has 100 valence electrons. The first-order chi connectivity index (χ1) is 9.52. The molecule has 1 unspecified atom stereocenters. The van der Waals surface area contributed by atoms with Crippen molar-refractivity contribution in [2.75, 3.05) is 0 Å². The fourth-order valence-electron chi connectivity index (χ4n) is 1.79. The summed E-state index contributed by atoms with van der Waals surface area (Å²) < 4.78 is 13.8. The van der Waals surface area contributed by atoms with Crippen molar-refractivity contribution in [1.29, 1.82) is 5.26 Å². The molecule has 0 saturated heterocycles. The highest BCUT2D eigenvalue weighted by Gasteiger charge is 2.22. The number of hydrogen-bond acceptors (Lipinski definition) is 2. The molecule has 5 heteroatoms. The smallest absolute Gasteiger partial charge is 0.184 e. The van der Waals surface area contributed by atoms with E-state index in [1.165, 1.54) is 18.2 Å². The summed E-state index contributed by atoms with van der Waals surface area (Å²) in [4.78, 5) is 12.3. The highest BCUT2D eigenvalue weighted by molar-refractivity contribution is 9.10. The Balaban J connectivity index is 2.39. The van der Waals surface area contributed by atoms with Gasteiger partial charge in [0.25, 0.3) is 0 Å². The number of rotatable bonds is 3. The molecule has 0 bridgehead atoms. The van der Waals surface area contributed by atoms with E-state index in [4.69, 9.17) is 11.6 Å². The second-order valence-corrected chi connectivity index (χ2v) is 5.37. The molecule has 2 nitrogen and oxygen atoms in total. The molecule has 0 aromatic heterocycles. The Bertz CT molecular complexity index is 711. The first-order valence-electron chi connectivity index (χ1n) is 5.67. The van der Waals surface area contributed by atoms with E-state index in [1.54, 1.807) is 24.3 Å². The number of ketones is 1. The summed E-state index contributed by atoms with van der Waals surface area (Å²) in [5, 5.41) is 9.67. The van der Waals surface area contributed by atoms with Crippen LogP contribution >= 0.6 is 27.5 Å². The maximum atomic E-state index is 13.2. The van der Waals surface area contributed by atoms with E-state index in [-0.39, 0.29) is 0 Å². The number of carbonyl (C=O) groups is 1. The molecule has 1 atom stereocenters. The topological polar surface area (TPSA) is 40.9 Å². The van der Waals surface area contributed by atoms with Crippen LogP contribution in [0.3, 0.4) is 0 Å². The van der Waals surface area contributed by atoms with Crippen LogP contribution in [-0.4, -0.2) is 5.78 Å². The van der Waals surface area contributed by atoms with E-state index in [0.29, 0.717) is 20.6 Å². The van der Waals surface area contributed by atoms with Crippen LogP contribution in [0.15, 0.2) is 46.9 Å². The van der Waals surface area contributed by atoms with E-state index >= 15 is 0 Å². The monoisotopic (exact) mass is 351 g/mol. The van der Waals surface area contributed by atoms with Gasteiger partial charge in [-0.25, -0.2) is 4.39 Å². The second-order valence-electron chi connectivity index (χ2n) is 4.11. The Morgan fingerprint density at radius 3 is 2.65 bits per heavy atom. The van der Waals surface area contributed by atoms with Crippen molar-refractivity contribution < 1.29 is 9.18 Å². The van der Waals surface area contributed by atoms with Crippen molar-refractivity contribution in [3.63, 3.8) is 0 Å². The van der Waals surface area contributed by atoms with Crippen LogP contribution in [0, 0.1) is 17.1 Å². The van der Waals surface area contributed by atoms with Gasteiger partial charge in [0, 0.05) is 10.0 Å². The van der Waals surface area contributed by atoms with Crippen LogP contribution in [0.4, 0.5) is 4.39 Å². The molecule has 2 aromatic carbocycles. The van der Waals surface area contributed by atoms with Gasteiger partial charge >= 0.3 is 0 Å². The van der Waals surface area contributed by atoms with Crippen molar-refractivity contribution in [2.45, 2.75) is 5.92 Å². The predicted octanol–water partition coefficient (Wildman–Crippen LogP) is 4.73. The molecule has 0 fully saturated rings. The Morgan fingerprint density at radius 2 is 2.05 bits per heavy atom. The number of halogens is 3. The summed E-state index contributed by atoms with van der Waals surface area (Å²) in [6.45, 7) is 0. The number of hydrogen-bond donors (Lipinski definition) is 0. The molecule has 0 radical (unpaired) electrons. The molecule has 20 heavy (non-hydrogen) atoms. The van der Waals surface area contributed by atoms with Crippen molar-refractivity contribution in [3.05, 3.63) is 68.9 Å². The molecule has 0 heterocycles. The van der Waals surface area contributed by atoms with E-state index in [9.17, 15) is 14.4 Å². The first-order valence-corrected chi connectivity index (χ1v) is 6.84. The minimum Gasteiger partial charge on any atom is -0.292 e. The molecule has 0 spiro atoms. The molecule has 0 aliphatic rings. The zero-order valence-corrected chi connectivity index (χ0v) is 12.5. The third kappa shape index (κ3) is 3.06. The number of nitriles is 1. The Morgan fingerprint density at radius 1 is 1.30 bits per heavy atom. The van der Waals surface area contributed by atoms with E-state index in [2.05, 4.69) is 15.9 Å². The average molecular weight is 353 g/mol. The van der Waals surface area contributed by atoms with Gasteiger partial charge in [-0.15, -0.1) is 0 Å². The molecular weight excluding hydrogens is 345 g/mol. The molecule has 0 amide bonds. The molecule has 2 aromatic rings. The van der Waals surface area contributed by atoms with E-state index in [0.717, 1.165) is 0 Å². The summed E-state index contributed by atoms with van der Waals surface area (Å²) in [6.07, 6.45) is 0. The molecule has 0 aliphatic heterocycles. The maximum Gasteiger partial charge on any atom is 0.184 e. The largest absolute Gasteiger partial charge is 0.292 e. The summed E-state index contributed by atoms with van der Waals surface area (Å²) in [6, 6.07) is 12.1. The van der Waals surface area contributed by atoms with Gasteiger partial charge in [-0.05, 0) is 51.8 Å². The summed E-state index contributed by atoms with van der Waals surface area (Å²) >= 11 is 9.09. The maximum absolute atomic E-state index is 13.2. The fraction of sp³-hybridized carbons (Fsp3) is 0.0667. The van der Waals surface area contributed by atoms with Crippen molar-refractivity contribution in [2.24, 2.45) is 0 Å². The molecule has 0 saturated carbocycles. The lowest BCUT2D eigenvalue weighted by molar-refractivity contribution is 0.0979.